The molecule has 2 aromatic carbocycles. The smallest absolute Gasteiger partial charge is 0.261 e. The Morgan fingerprint density at radius 1 is 1.26 bits per heavy atom. The molecule has 3 rings (SSSR count). The van der Waals surface area contributed by atoms with Gasteiger partial charge in [-0.25, -0.2) is 4.39 Å². The fourth-order valence-electron chi connectivity index (χ4n) is 2.81. The first-order valence-corrected chi connectivity index (χ1v) is 8.42. The molecule has 0 saturated carbocycles. The summed E-state index contributed by atoms with van der Waals surface area (Å²) in [7, 11) is 1.49. The largest absolute Gasteiger partial charge is 0.492 e. The number of carbonyl (C=O) groups is 1. The Morgan fingerprint density at radius 3 is 2.70 bits per heavy atom. The maximum absolute atomic E-state index is 13.0. The molecule has 3 aromatic rings. The van der Waals surface area contributed by atoms with Crippen LogP contribution in [0.2, 0.25) is 0 Å². The molecule has 0 fully saturated rings. The van der Waals surface area contributed by atoms with Crippen LogP contribution in [0, 0.1) is 17.1 Å². The Labute approximate surface area is 156 Å². The van der Waals surface area contributed by atoms with Crippen LogP contribution in [0.5, 0.6) is 5.75 Å². The van der Waals surface area contributed by atoms with Gasteiger partial charge in [-0.1, -0.05) is 18.2 Å². The molecular weight excluding hydrogens is 345 g/mol. The van der Waals surface area contributed by atoms with E-state index in [2.05, 4.69) is 5.32 Å². The van der Waals surface area contributed by atoms with Crippen molar-refractivity contribution in [1.82, 2.24) is 9.88 Å². The zero-order valence-corrected chi connectivity index (χ0v) is 14.8. The van der Waals surface area contributed by atoms with Gasteiger partial charge in [0.2, 0.25) is 0 Å². The van der Waals surface area contributed by atoms with Crippen LogP contribution < -0.4 is 10.1 Å². The molecule has 0 spiro atoms. The van der Waals surface area contributed by atoms with E-state index < -0.39 is 5.91 Å². The number of nitriles is 1. The minimum atomic E-state index is -0.422. The van der Waals surface area contributed by atoms with Crippen LogP contribution in [0.3, 0.4) is 0 Å². The molecule has 27 heavy (non-hydrogen) atoms. The standard InChI is InChI=1S/C21H18FN3O2/c1-24-21(26)15(13-23)12-16-14-25(20-5-3-2-4-19(16)20)10-11-27-18-8-6-17(22)7-9-18/h2-9,12,14H,10-11H2,1H3,(H,24,26)/b15-12-. The Kier molecular flexibility index (Phi) is 5.53. The van der Waals surface area contributed by atoms with Gasteiger partial charge in [-0.3, -0.25) is 4.79 Å². The molecule has 1 aromatic heterocycles. The normalized spacial score (nSPS) is 11.2. The number of nitrogens with one attached hydrogen (secondary N) is 1. The molecule has 1 heterocycles. The van der Waals surface area contributed by atoms with E-state index in [1.54, 1.807) is 18.2 Å². The van der Waals surface area contributed by atoms with E-state index in [4.69, 9.17) is 4.74 Å². The molecule has 0 radical (unpaired) electrons. The van der Waals surface area contributed by atoms with Gasteiger partial charge < -0.3 is 14.6 Å². The minimum absolute atomic E-state index is 0.0444. The van der Waals surface area contributed by atoms with Crippen molar-refractivity contribution >= 4 is 22.9 Å². The summed E-state index contributed by atoms with van der Waals surface area (Å²) >= 11 is 0. The van der Waals surface area contributed by atoms with E-state index in [9.17, 15) is 14.4 Å². The van der Waals surface area contributed by atoms with Crippen LogP contribution in [0.25, 0.3) is 17.0 Å². The van der Waals surface area contributed by atoms with Gasteiger partial charge in [-0.05, 0) is 36.4 Å². The van der Waals surface area contributed by atoms with Gasteiger partial charge in [0.15, 0.2) is 0 Å². The SMILES string of the molecule is CNC(=O)/C(C#N)=C\c1cn(CCOc2ccc(F)cc2)c2ccccc12. The summed E-state index contributed by atoms with van der Waals surface area (Å²) in [5, 5.41) is 12.6. The summed E-state index contributed by atoms with van der Waals surface area (Å²) in [6.45, 7) is 0.960. The number of carbonyl (C=O) groups excluding carboxylic acids is 1. The van der Waals surface area contributed by atoms with Gasteiger partial charge in [-0.15, -0.1) is 0 Å². The van der Waals surface area contributed by atoms with Crippen molar-refractivity contribution < 1.29 is 13.9 Å². The number of rotatable bonds is 6. The highest BCUT2D eigenvalue weighted by molar-refractivity contribution is 6.03. The van der Waals surface area contributed by atoms with Crippen LogP contribution in [-0.2, 0) is 11.3 Å². The summed E-state index contributed by atoms with van der Waals surface area (Å²) in [5.74, 6) is -0.132. The summed E-state index contributed by atoms with van der Waals surface area (Å²) in [5.41, 5.74) is 1.80. The third kappa shape index (κ3) is 4.15. The maximum Gasteiger partial charge on any atom is 0.261 e. The number of hydrogen-bond donors (Lipinski definition) is 1. The number of fused-ring (bicyclic) bond motifs is 1. The molecule has 0 bridgehead atoms. The third-order valence-electron chi connectivity index (χ3n) is 4.13. The second kappa shape index (κ2) is 8.19. The fraction of sp³-hybridized carbons (Fsp3) is 0.143. The Balaban J connectivity index is 1.84. The number of likely N-dealkylation sites (N-methyl/N-ethyl adjacent to an activating group) is 1. The average molecular weight is 363 g/mol. The van der Waals surface area contributed by atoms with Crippen molar-refractivity contribution in [3.05, 3.63) is 71.7 Å². The number of para-hydroxylation sites is 1. The first-order valence-electron chi connectivity index (χ1n) is 8.42. The topological polar surface area (TPSA) is 67.0 Å². The summed E-state index contributed by atoms with van der Waals surface area (Å²) in [6, 6.07) is 15.5. The molecule has 5 nitrogen and oxygen atoms in total. The lowest BCUT2D eigenvalue weighted by molar-refractivity contribution is -0.116. The quantitative estimate of drug-likeness (QED) is 0.538. The van der Waals surface area contributed by atoms with Crippen LogP contribution in [0.4, 0.5) is 4.39 Å². The van der Waals surface area contributed by atoms with Gasteiger partial charge in [0.25, 0.3) is 5.91 Å². The Bertz CT molecular complexity index is 1030. The predicted molar refractivity (Wildman–Crippen MR) is 101 cm³/mol. The molecule has 0 aliphatic heterocycles. The first kappa shape index (κ1) is 18.2. The third-order valence-corrected chi connectivity index (χ3v) is 4.13. The molecule has 0 aliphatic carbocycles. The monoisotopic (exact) mass is 363 g/mol. The van der Waals surface area contributed by atoms with Gasteiger partial charge >= 0.3 is 0 Å². The van der Waals surface area contributed by atoms with E-state index >= 15 is 0 Å². The van der Waals surface area contributed by atoms with Gasteiger partial charge in [-0.2, -0.15) is 5.26 Å². The summed E-state index contributed by atoms with van der Waals surface area (Å²) in [4.78, 5) is 11.8. The second-order valence-electron chi connectivity index (χ2n) is 5.85. The zero-order valence-electron chi connectivity index (χ0n) is 14.8. The van der Waals surface area contributed by atoms with Gasteiger partial charge in [0, 0.05) is 29.7 Å². The second-order valence-corrected chi connectivity index (χ2v) is 5.85. The molecule has 136 valence electrons. The highest BCUT2D eigenvalue weighted by Gasteiger charge is 2.11. The number of ether oxygens (including phenoxy) is 1. The predicted octanol–water partition coefficient (Wildman–Crippen LogP) is 3.51. The number of nitrogens with zero attached hydrogens (tertiary/aromatic N) is 2. The number of benzene rings is 2. The number of aromatic nitrogens is 1. The maximum atomic E-state index is 13.0. The highest BCUT2D eigenvalue weighted by Crippen LogP contribution is 2.24. The minimum Gasteiger partial charge on any atom is -0.492 e. The molecule has 0 unspecified atom stereocenters. The van der Waals surface area contributed by atoms with Crippen LogP contribution >= 0.6 is 0 Å². The van der Waals surface area contributed by atoms with Crippen molar-refractivity contribution in [3.63, 3.8) is 0 Å². The lowest BCUT2D eigenvalue weighted by Crippen LogP contribution is -2.19. The lowest BCUT2D eigenvalue weighted by atomic mass is 10.1. The van der Waals surface area contributed by atoms with E-state index in [-0.39, 0.29) is 11.4 Å². The first-order chi connectivity index (χ1) is 13.1. The van der Waals surface area contributed by atoms with Gasteiger partial charge in [0.05, 0.1) is 6.54 Å². The van der Waals surface area contributed by atoms with E-state index in [0.29, 0.717) is 18.9 Å². The average Bonchev–Trinajstić information content (AvgIpc) is 3.05. The zero-order chi connectivity index (χ0) is 19.2. The van der Waals surface area contributed by atoms with Crippen molar-refractivity contribution in [3.8, 4) is 11.8 Å². The lowest BCUT2D eigenvalue weighted by Gasteiger charge is -2.08. The number of hydrogen-bond acceptors (Lipinski definition) is 3. The van der Waals surface area contributed by atoms with E-state index in [1.165, 1.54) is 19.2 Å². The van der Waals surface area contributed by atoms with Crippen molar-refractivity contribution in [2.24, 2.45) is 0 Å². The molecule has 0 atom stereocenters. The fourth-order valence-corrected chi connectivity index (χ4v) is 2.81. The van der Waals surface area contributed by atoms with E-state index in [1.807, 2.05) is 41.1 Å². The van der Waals surface area contributed by atoms with Crippen molar-refractivity contribution in [2.75, 3.05) is 13.7 Å². The number of halogens is 1. The molecule has 0 saturated heterocycles. The molecule has 6 heteroatoms. The number of amides is 1. The highest BCUT2D eigenvalue weighted by atomic mass is 19.1. The van der Waals surface area contributed by atoms with E-state index in [0.717, 1.165) is 16.5 Å². The molecular formula is C21H18FN3O2. The van der Waals surface area contributed by atoms with Crippen molar-refractivity contribution in [1.29, 1.82) is 5.26 Å². The molecule has 1 amide bonds. The van der Waals surface area contributed by atoms with Gasteiger partial charge in [0.1, 0.15) is 29.8 Å². The molecule has 1 N–H and O–H groups in total. The van der Waals surface area contributed by atoms with Crippen LogP contribution in [0.1, 0.15) is 5.56 Å². The Hall–Kier alpha value is -3.59. The molecule has 0 aliphatic rings. The van der Waals surface area contributed by atoms with Crippen LogP contribution in [-0.4, -0.2) is 24.1 Å². The van der Waals surface area contributed by atoms with Crippen molar-refractivity contribution in [2.45, 2.75) is 6.54 Å². The Morgan fingerprint density at radius 2 is 2.00 bits per heavy atom. The van der Waals surface area contributed by atoms with Crippen LogP contribution in [0.15, 0.2) is 60.3 Å². The summed E-state index contributed by atoms with van der Waals surface area (Å²) < 4.78 is 20.6. The summed E-state index contributed by atoms with van der Waals surface area (Å²) in [6.07, 6.45) is 3.47.